The van der Waals surface area contributed by atoms with Crippen LogP contribution in [0, 0.1) is 5.41 Å². The molecule has 1 spiro atoms. The summed E-state index contributed by atoms with van der Waals surface area (Å²) in [7, 11) is -3.51. The molecular formula is C17H23BrN2O4S. The van der Waals surface area contributed by atoms with Gasteiger partial charge in [0, 0.05) is 36.1 Å². The van der Waals surface area contributed by atoms with E-state index in [1.807, 2.05) is 20.8 Å². The van der Waals surface area contributed by atoms with E-state index < -0.39 is 15.6 Å². The van der Waals surface area contributed by atoms with Crippen molar-refractivity contribution in [2.24, 2.45) is 5.41 Å². The average molecular weight is 431 g/mol. The van der Waals surface area contributed by atoms with Crippen LogP contribution in [0.15, 0.2) is 33.6 Å². The Balaban J connectivity index is 1.64. The molecule has 0 N–H and O–H groups in total. The summed E-state index contributed by atoms with van der Waals surface area (Å²) in [5.74, 6) is 0. The van der Waals surface area contributed by atoms with Crippen LogP contribution in [0.1, 0.15) is 27.2 Å². The van der Waals surface area contributed by atoms with Crippen molar-refractivity contribution in [2.45, 2.75) is 37.7 Å². The van der Waals surface area contributed by atoms with E-state index >= 15 is 0 Å². The number of rotatable bonds is 2. The van der Waals surface area contributed by atoms with Gasteiger partial charge in [-0.15, -0.1) is 0 Å². The molecule has 0 unspecified atom stereocenters. The molecule has 1 amide bonds. The van der Waals surface area contributed by atoms with Crippen LogP contribution in [-0.2, 0) is 14.8 Å². The third-order valence-electron chi connectivity index (χ3n) is 4.54. The van der Waals surface area contributed by atoms with Crippen molar-refractivity contribution < 1.29 is 17.9 Å². The number of halogens is 1. The predicted molar refractivity (Wildman–Crippen MR) is 97.8 cm³/mol. The van der Waals surface area contributed by atoms with Crippen molar-refractivity contribution in [1.82, 2.24) is 9.21 Å². The summed E-state index contributed by atoms with van der Waals surface area (Å²) >= 11 is 3.32. The third-order valence-corrected chi connectivity index (χ3v) is 6.88. The Labute approximate surface area is 157 Å². The van der Waals surface area contributed by atoms with Gasteiger partial charge in [-0.3, -0.25) is 0 Å². The molecule has 25 heavy (non-hydrogen) atoms. The molecule has 2 saturated heterocycles. The molecular weight excluding hydrogens is 408 g/mol. The lowest BCUT2D eigenvalue weighted by atomic mass is 9.79. The standard InChI is InChI=1S/C17H23BrN2O4S/c1-16(2,3)24-15(21)19-10-17(11-19)7-8-20(12-17)25(22,23)14-6-4-5-13(18)9-14/h4-6,9H,7-8,10-12H2,1-3H3. The largest absolute Gasteiger partial charge is 0.444 e. The highest BCUT2D eigenvalue weighted by molar-refractivity contribution is 9.10. The van der Waals surface area contributed by atoms with Gasteiger partial charge in [-0.05, 0) is 45.4 Å². The van der Waals surface area contributed by atoms with Gasteiger partial charge in [0.15, 0.2) is 0 Å². The second-order valence-electron chi connectivity index (χ2n) is 7.88. The average Bonchev–Trinajstić information content (AvgIpc) is 2.90. The van der Waals surface area contributed by atoms with Gasteiger partial charge in [0.2, 0.25) is 10.0 Å². The molecule has 138 valence electrons. The van der Waals surface area contributed by atoms with Crippen molar-refractivity contribution >= 4 is 32.0 Å². The van der Waals surface area contributed by atoms with Crippen molar-refractivity contribution in [3.63, 3.8) is 0 Å². The Morgan fingerprint density at radius 2 is 1.92 bits per heavy atom. The maximum Gasteiger partial charge on any atom is 0.410 e. The van der Waals surface area contributed by atoms with Crippen LogP contribution >= 0.6 is 15.9 Å². The molecule has 3 rings (SSSR count). The van der Waals surface area contributed by atoms with E-state index in [2.05, 4.69) is 15.9 Å². The van der Waals surface area contributed by atoms with E-state index in [0.29, 0.717) is 31.1 Å². The minimum atomic E-state index is -3.51. The smallest absolute Gasteiger partial charge is 0.410 e. The summed E-state index contributed by atoms with van der Waals surface area (Å²) in [5, 5.41) is 0. The van der Waals surface area contributed by atoms with Gasteiger partial charge >= 0.3 is 6.09 Å². The minimum Gasteiger partial charge on any atom is -0.444 e. The fraction of sp³-hybridized carbons (Fsp3) is 0.588. The van der Waals surface area contributed by atoms with E-state index in [1.54, 1.807) is 29.2 Å². The van der Waals surface area contributed by atoms with Crippen molar-refractivity contribution in [3.8, 4) is 0 Å². The molecule has 1 aromatic carbocycles. The Morgan fingerprint density at radius 1 is 1.24 bits per heavy atom. The Hall–Kier alpha value is -1.12. The van der Waals surface area contributed by atoms with E-state index in [1.165, 1.54) is 4.31 Å². The van der Waals surface area contributed by atoms with Gasteiger partial charge < -0.3 is 9.64 Å². The summed E-state index contributed by atoms with van der Waals surface area (Å²) in [5.41, 5.74) is -0.665. The number of amides is 1. The number of ether oxygens (including phenoxy) is 1. The second-order valence-corrected chi connectivity index (χ2v) is 10.7. The SMILES string of the molecule is CC(C)(C)OC(=O)N1CC2(CCN(S(=O)(=O)c3cccc(Br)c3)C2)C1. The highest BCUT2D eigenvalue weighted by atomic mass is 79.9. The molecule has 0 bridgehead atoms. The monoisotopic (exact) mass is 430 g/mol. The van der Waals surface area contributed by atoms with Gasteiger partial charge in [0.05, 0.1) is 4.90 Å². The molecule has 0 saturated carbocycles. The van der Waals surface area contributed by atoms with Crippen LogP contribution < -0.4 is 0 Å². The molecule has 2 heterocycles. The predicted octanol–water partition coefficient (Wildman–Crippen LogP) is 3.08. The molecule has 0 aromatic heterocycles. The number of carbonyl (C=O) groups is 1. The molecule has 0 aliphatic carbocycles. The van der Waals surface area contributed by atoms with E-state index in [-0.39, 0.29) is 11.5 Å². The number of likely N-dealkylation sites (tertiary alicyclic amines) is 1. The van der Waals surface area contributed by atoms with Crippen LogP contribution in [0.25, 0.3) is 0 Å². The highest BCUT2D eigenvalue weighted by Gasteiger charge is 2.52. The molecule has 6 nitrogen and oxygen atoms in total. The topological polar surface area (TPSA) is 66.9 Å². The van der Waals surface area contributed by atoms with Crippen molar-refractivity contribution in [3.05, 3.63) is 28.7 Å². The first-order valence-electron chi connectivity index (χ1n) is 8.25. The molecule has 0 atom stereocenters. The maximum absolute atomic E-state index is 12.8. The van der Waals surface area contributed by atoms with Gasteiger partial charge in [-0.25, -0.2) is 13.2 Å². The lowest BCUT2D eigenvalue weighted by Crippen LogP contribution is -2.60. The summed E-state index contributed by atoms with van der Waals surface area (Å²) in [4.78, 5) is 14.0. The summed E-state index contributed by atoms with van der Waals surface area (Å²) in [6.45, 7) is 7.53. The van der Waals surface area contributed by atoms with Crippen LogP contribution in [0.2, 0.25) is 0 Å². The fourth-order valence-corrected chi connectivity index (χ4v) is 5.50. The molecule has 1 aromatic rings. The Morgan fingerprint density at radius 3 is 2.52 bits per heavy atom. The van der Waals surface area contributed by atoms with Gasteiger partial charge in [-0.1, -0.05) is 22.0 Å². The summed E-state index contributed by atoms with van der Waals surface area (Å²) < 4.78 is 33.3. The van der Waals surface area contributed by atoms with Gasteiger partial charge in [0.1, 0.15) is 5.60 Å². The first-order valence-corrected chi connectivity index (χ1v) is 10.5. The molecule has 8 heteroatoms. The Bertz CT molecular complexity index is 782. The molecule has 2 aliphatic heterocycles. The molecule has 2 aliphatic rings. The summed E-state index contributed by atoms with van der Waals surface area (Å²) in [6, 6.07) is 6.75. The lowest BCUT2D eigenvalue weighted by Gasteiger charge is -2.47. The van der Waals surface area contributed by atoms with Crippen LogP contribution in [0.4, 0.5) is 4.79 Å². The lowest BCUT2D eigenvalue weighted by molar-refractivity contribution is -0.0286. The second kappa shape index (κ2) is 6.25. The third kappa shape index (κ3) is 3.85. The number of hydrogen-bond donors (Lipinski definition) is 0. The summed E-state index contributed by atoms with van der Waals surface area (Å²) in [6.07, 6.45) is 0.436. The number of sulfonamides is 1. The van der Waals surface area contributed by atoms with Crippen molar-refractivity contribution in [2.75, 3.05) is 26.2 Å². The number of carbonyl (C=O) groups excluding carboxylic acids is 1. The van der Waals surface area contributed by atoms with E-state index in [0.717, 1.165) is 10.9 Å². The normalized spacial score (nSPS) is 20.6. The van der Waals surface area contributed by atoms with Crippen LogP contribution in [0.3, 0.4) is 0 Å². The quantitative estimate of drug-likeness (QED) is 0.722. The Kier molecular flexibility index (Phi) is 4.66. The molecule has 2 fully saturated rings. The zero-order chi connectivity index (χ0) is 18.5. The van der Waals surface area contributed by atoms with E-state index in [9.17, 15) is 13.2 Å². The van der Waals surface area contributed by atoms with Crippen LogP contribution in [0.5, 0.6) is 0 Å². The first kappa shape index (κ1) is 18.7. The molecule has 0 radical (unpaired) electrons. The maximum atomic E-state index is 12.8. The number of benzene rings is 1. The van der Waals surface area contributed by atoms with E-state index in [4.69, 9.17) is 4.74 Å². The van der Waals surface area contributed by atoms with Crippen molar-refractivity contribution in [1.29, 1.82) is 0 Å². The minimum absolute atomic E-state index is 0.143. The first-order chi connectivity index (χ1) is 11.5. The zero-order valence-corrected chi connectivity index (χ0v) is 17.1. The number of hydrogen-bond acceptors (Lipinski definition) is 4. The zero-order valence-electron chi connectivity index (χ0n) is 14.7. The number of nitrogens with zero attached hydrogens (tertiary/aromatic N) is 2. The highest BCUT2D eigenvalue weighted by Crippen LogP contribution is 2.42. The fourth-order valence-electron chi connectivity index (χ4n) is 3.35. The van der Waals surface area contributed by atoms with Crippen LogP contribution in [-0.4, -0.2) is 55.5 Å². The van der Waals surface area contributed by atoms with Gasteiger partial charge in [-0.2, -0.15) is 4.31 Å². The van der Waals surface area contributed by atoms with Gasteiger partial charge in [0.25, 0.3) is 0 Å².